The minimum atomic E-state index is -0.558. The second kappa shape index (κ2) is 5.85. The van der Waals surface area contributed by atoms with Gasteiger partial charge in [0.2, 0.25) is 0 Å². The Morgan fingerprint density at radius 2 is 1.95 bits per heavy atom. The zero-order chi connectivity index (χ0) is 14.7. The summed E-state index contributed by atoms with van der Waals surface area (Å²) < 4.78 is 5.38. The summed E-state index contributed by atoms with van der Waals surface area (Å²) in [4.78, 5) is 20.1. The quantitative estimate of drug-likeness (QED) is 0.617. The number of nitro groups is 2. The van der Waals surface area contributed by atoms with Crippen LogP contribution < -0.4 is 4.74 Å². The summed E-state index contributed by atoms with van der Waals surface area (Å²) in [6, 6.07) is 5.26. The molecule has 2 aromatic rings. The van der Waals surface area contributed by atoms with Crippen LogP contribution in [0.25, 0.3) is 0 Å². The van der Waals surface area contributed by atoms with Crippen LogP contribution in [0.3, 0.4) is 0 Å². The molecule has 1 aromatic carbocycles. The fourth-order valence-electron chi connectivity index (χ4n) is 1.42. The van der Waals surface area contributed by atoms with E-state index in [1.165, 1.54) is 24.3 Å². The van der Waals surface area contributed by atoms with Gasteiger partial charge in [-0.3, -0.25) is 20.2 Å². The first kappa shape index (κ1) is 14.2. The van der Waals surface area contributed by atoms with Crippen molar-refractivity contribution in [3.05, 3.63) is 60.5 Å². The Labute approximate surface area is 121 Å². The lowest BCUT2D eigenvalue weighted by Crippen LogP contribution is -1.95. The number of rotatable bonds is 5. The van der Waals surface area contributed by atoms with E-state index in [9.17, 15) is 20.2 Å². The highest BCUT2D eigenvalue weighted by Crippen LogP contribution is 2.30. The topological polar surface area (TPSA) is 95.5 Å². The zero-order valence-corrected chi connectivity index (χ0v) is 11.4. The van der Waals surface area contributed by atoms with Crippen LogP contribution >= 0.6 is 22.9 Å². The van der Waals surface area contributed by atoms with Gasteiger partial charge in [-0.2, -0.15) is 0 Å². The van der Waals surface area contributed by atoms with Gasteiger partial charge in [-0.05, 0) is 6.07 Å². The Morgan fingerprint density at radius 1 is 1.20 bits per heavy atom. The van der Waals surface area contributed by atoms with Crippen LogP contribution in [0.5, 0.6) is 5.75 Å². The Hall–Kier alpha value is -2.19. The first-order valence-electron chi connectivity index (χ1n) is 5.26. The van der Waals surface area contributed by atoms with E-state index in [4.69, 9.17) is 16.3 Å². The fourth-order valence-corrected chi connectivity index (χ4v) is 2.36. The summed E-state index contributed by atoms with van der Waals surface area (Å²) in [6.07, 6.45) is 0. The van der Waals surface area contributed by atoms with E-state index in [1.807, 2.05) is 0 Å². The van der Waals surface area contributed by atoms with Gasteiger partial charge < -0.3 is 4.74 Å². The molecule has 0 atom stereocenters. The van der Waals surface area contributed by atoms with Crippen molar-refractivity contribution in [2.24, 2.45) is 0 Å². The highest BCUT2D eigenvalue weighted by atomic mass is 35.5. The van der Waals surface area contributed by atoms with Crippen molar-refractivity contribution >= 4 is 33.6 Å². The molecule has 0 unspecified atom stereocenters. The molecule has 0 aliphatic heterocycles. The molecular weight excluding hydrogens is 308 g/mol. The number of non-ortho nitro benzene ring substituents is 1. The van der Waals surface area contributed by atoms with Crippen molar-refractivity contribution in [3.8, 4) is 5.75 Å². The predicted octanol–water partition coefficient (Wildman–Crippen LogP) is 3.80. The Balaban J connectivity index is 2.06. The van der Waals surface area contributed by atoms with E-state index in [1.54, 1.807) is 5.38 Å². The first-order chi connectivity index (χ1) is 9.47. The van der Waals surface area contributed by atoms with E-state index in [0.717, 1.165) is 11.3 Å². The molecule has 0 aliphatic carbocycles. The summed E-state index contributed by atoms with van der Waals surface area (Å²) in [6.45, 7) is 0.0991. The molecule has 0 fully saturated rings. The van der Waals surface area contributed by atoms with E-state index in [2.05, 4.69) is 0 Å². The Kier molecular flexibility index (Phi) is 4.16. The van der Waals surface area contributed by atoms with Gasteiger partial charge in [0.15, 0.2) is 0 Å². The SMILES string of the molecule is O=[N+]([O-])c1ccc(OCc2csc([N+](=O)[O-])c2)c(Cl)c1. The minimum Gasteiger partial charge on any atom is -0.487 e. The lowest BCUT2D eigenvalue weighted by Gasteiger charge is -2.06. The smallest absolute Gasteiger partial charge is 0.324 e. The molecule has 0 radical (unpaired) electrons. The molecule has 0 N–H and O–H groups in total. The third kappa shape index (κ3) is 3.22. The Morgan fingerprint density at radius 3 is 2.50 bits per heavy atom. The van der Waals surface area contributed by atoms with E-state index < -0.39 is 9.85 Å². The van der Waals surface area contributed by atoms with Crippen LogP contribution in [0, 0.1) is 20.2 Å². The number of hydrogen-bond donors (Lipinski definition) is 0. The normalized spacial score (nSPS) is 10.2. The fraction of sp³-hybridized carbons (Fsp3) is 0.0909. The summed E-state index contributed by atoms with van der Waals surface area (Å²) in [5.74, 6) is 0.283. The summed E-state index contributed by atoms with van der Waals surface area (Å²) >= 11 is 6.86. The van der Waals surface area contributed by atoms with Gasteiger partial charge in [-0.25, -0.2) is 0 Å². The van der Waals surface area contributed by atoms with Crippen molar-refractivity contribution in [2.45, 2.75) is 6.61 Å². The van der Waals surface area contributed by atoms with Crippen molar-refractivity contribution in [2.75, 3.05) is 0 Å². The van der Waals surface area contributed by atoms with Gasteiger partial charge in [0.25, 0.3) is 5.69 Å². The number of ether oxygens (including phenoxy) is 1. The molecule has 0 bridgehead atoms. The summed E-state index contributed by atoms with van der Waals surface area (Å²) in [5, 5.41) is 22.8. The lowest BCUT2D eigenvalue weighted by atomic mass is 10.3. The molecule has 0 aliphatic rings. The highest BCUT2D eigenvalue weighted by molar-refractivity contribution is 7.13. The van der Waals surface area contributed by atoms with E-state index >= 15 is 0 Å². The van der Waals surface area contributed by atoms with Crippen molar-refractivity contribution in [3.63, 3.8) is 0 Å². The molecule has 2 rings (SSSR count). The molecular formula is C11H7ClN2O5S. The number of nitrogens with zero attached hydrogens (tertiary/aromatic N) is 2. The molecule has 1 heterocycles. The van der Waals surface area contributed by atoms with Gasteiger partial charge in [0.05, 0.1) is 14.9 Å². The molecule has 0 saturated carbocycles. The van der Waals surface area contributed by atoms with Crippen LogP contribution in [-0.4, -0.2) is 9.85 Å². The molecule has 0 amide bonds. The molecule has 7 nitrogen and oxygen atoms in total. The maximum absolute atomic E-state index is 10.6. The minimum absolute atomic E-state index is 0.0263. The van der Waals surface area contributed by atoms with Crippen LogP contribution in [-0.2, 0) is 6.61 Å². The first-order valence-corrected chi connectivity index (χ1v) is 6.51. The van der Waals surface area contributed by atoms with Crippen LogP contribution in [0.15, 0.2) is 29.6 Å². The van der Waals surface area contributed by atoms with Gasteiger partial charge in [-0.15, -0.1) is 0 Å². The van der Waals surface area contributed by atoms with E-state index in [-0.39, 0.29) is 28.1 Å². The maximum Gasteiger partial charge on any atom is 0.324 e. The molecule has 1 aromatic heterocycles. The second-order valence-electron chi connectivity index (χ2n) is 3.71. The number of nitro benzene ring substituents is 1. The predicted molar refractivity (Wildman–Crippen MR) is 73.4 cm³/mol. The van der Waals surface area contributed by atoms with Gasteiger partial charge in [0, 0.05) is 29.1 Å². The summed E-state index contributed by atoms with van der Waals surface area (Å²) in [7, 11) is 0. The third-order valence-corrected chi connectivity index (χ3v) is 3.56. The van der Waals surface area contributed by atoms with Crippen molar-refractivity contribution in [1.29, 1.82) is 0 Å². The second-order valence-corrected chi connectivity index (χ2v) is 5.01. The molecule has 20 heavy (non-hydrogen) atoms. The summed E-state index contributed by atoms with van der Waals surface area (Å²) in [5.41, 5.74) is 0.504. The Bertz CT molecular complexity index is 673. The van der Waals surface area contributed by atoms with Gasteiger partial charge in [-0.1, -0.05) is 22.9 Å². The molecule has 0 saturated heterocycles. The number of halogens is 1. The zero-order valence-electron chi connectivity index (χ0n) is 9.82. The third-order valence-electron chi connectivity index (χ3n) is 2.34. The van der Waals surface area contributed by atoms with Crippen molar-refractivity contribution < 1.29 is 14.6 Å². The average molecular weight is 315 g/mol. The lowest BCUT2D eigenvalue weighted by molar-refractivity contribution is -0.384. The standard InChI is InChI=1S/C11H7ClN2O5S/c12-9-4-8(13(15)16)1-2-10(9)19-5-7-3-11(14(17)18)20-6-7/h1-4,6H,5H2. The largest absolute Gasteiger partial charge is 0.487 e. The van der Waals surface area contributed by atoms with Crippen LogP contribution in [0.2, 0.25) is 5.02 Å². The van der Waals surface area contributed by atoms with Gasteiger partial charge in [0.1, 0.15) is 12.4 Å². The number of thiophene rings is 1. The maximum atomic E-state index is 10.6. The molecule has 0 spiro atoms. The highest BCUT2D eigenvalue weighted by Gasteiger charge is 2.12. The molecule has 104 valence electrons. The van der Waals surface area contributed by atoms with Crippen LogP contribution in [0.1, 0.15) is 5.56 Å². The average Bonchev–Trinajstić information content (AvgIpc) is 2.86. The van der Waals surface area contributed by atoms with E-state index in [0.29, 0.717) is 5.56 Å². The number of benzene rings is 1. The van der Waals surface area contributed by atoms with Crippen LogP contribution in [0.4, 0.5) is 10.7 Å². The molecule has 9 heteroatoms. The van der Waals surface area contributed by atoms with Gasteiger partial charge >= 0.3 is 5.00 Å². The van der Waals surface area contributed by atoms with Crippen molar-refractivity contribution in [1.82, 2.24) is 0 Å². The number of hydrogen-bond acceptors (Lipinski definition) is 6. The monoisotopic (exact) mass is 314 g/mol.